The lowest BCUT2D eigenvalue weighted by Gasteiger charge is -2.33. The quantitative estimate of drug-likeness (QED) is 0.560. The highest BCUT2D eigenvalue weighted by Gasteiger charge is 2.33. The molecule has 1 aromatic carbocycles. The fourth-order valence-corrected chi connectivity index (χ4v) is 4.73. The molecule has 0 amide bonds. The summed E-state index contributed by atoms with van der Waals surface area (Å²) in [6.45, 7) is 8.07. The Kier molecular flexibility index (Phi) is 7.18. The molecular formula is C21H34N6O2S. The molecule has 2 heterocycles. The summed E-state index contributed by atoms with van der Waals surface area (Å²) in [5.74, 6) is 0.939. The van der Waals surface area contributed by atoms with Gasteiger partial charge in [-0.2, -0.15) is 5.10 Å². The van der Waals surface area contributed by atoms with Crippen LogP contribution >= 0.6 is 0 Å². The summed E-state index contributed by atoms with van der Waals surface area (Å²) in [4.78, 5) is 2.19. The molecule has 2 aromatic rings. The van der Waals surface area contributed by atoms with Gasteiger partial charge in [-0.3, -0.25) is 0 Å². The smallest absolute Gasteiger partial charge is 0.211 e. The van der Waals surface area contributed by atoms with E-state index in [4.69, 9.17) is 5.73 Å². The fraction of sp³-hybridized carbons (Fsp3) is 0.571. The third-order valence-corrected chi connectivity index (χ3v) is 6.89. The Morgan fingerprint density at radius 3 is 2.83 bits per heavy atom. The minimum absolute atomic E-state index is 0.0176. The number of aromatic nitrogens is 2. The van der Waals surface area contributed by atoms with Gasteiger partial charge in [0, 0.05) is 31.2 Å². The molecule has 0 radical (unpaired) electrons. The molecule has 166 valence electrons. The molecular weight excluding hydrogens is 400 g/mol. The second-order valence-electron chi connectivity index (χ2n) is 8.26. The van der Waals surface area contributed by atoms with Crippen molar-refractivity contribution in [2.75, 3.05) is 31.2 Å². The number of benzene rings is 1. The molecule has 30 heavy (non-hydrogen) atoms. The molecule has 0 aliphatic carbocycles. The number of hydrogen-bond donors (Lipinski definition) is 3. The summed E-state index contributed by atoms with van der Waals surface area (Å²) in [6.07, 6.45) is 2.40. The van der Waals surface area contributed by atoms with Gasteiger partial charge in [0.15, 0.2) is 0 Å². The number of rotatable bonds is 9. The first-order chi connectivity index (χ1) is 14.2. The highest BCUT2D eigenvalue weighted by Crippen LogP contribution is 2.40. The average Bonchev–Trinajstić information content (AvgIpc) is 3.13. The lowest BCUT2D eigenvalue weighted by atomic mass is 9.92. The summed E-state index contributed by atoms with van der Waals surface area (Å²) in [7, 11) is -1.29. The number of nitrogens with two attached hydrogens (primary N) is 1. The van der Waals surface area contributed by atoms with Gasteiger partial charge in [0.1, 0.15) is 5.82 Å². The van der Waals surface area contributed by atoms with E-state index in [0.717, 1.165) is 30.0 Å². The molecule has 0 fully saturated rings. The number of sulfonamides is 1. The van der Waals surface area contributed by atoms with Crippen LogP contribution in [0.2, 0.25) is 0 Å². The fourth-order valence-electron chi connectivity index (χ4n) is 3.91. The topological polar surface area (TPSA) is 105 Å². The van der Waals surface area contributed by atoms with E-state index < -0.39 is 10.0 Å². The first-order valence-electron chi connectivity index (χ1n) is 10.6. The predicted octanol–water partition coefficient (Wildman–Crippen LogP) is 2.39. The van der Waals surface area contributed by atoms with E-state index in [1.165, 1.54) is 5.56 Å². The molecule has 9 heteroatoms. The number of likely N-dealkylation sites (N-methyl/N-ethyl adjacent to an activating group) is 1. The lowest BCUT2D eigenvalue weighted by Crippen LogP contribution is -2.35. The van der Waals surface area contributed by atoms with Crippen LogP contribution in [-0.4, -0.2) is 49.0 Å². The third kappa shape index (κ3) is 5.21. The van der Waals surface area contributed by atoms with E-state index in [0.29, 0.717) is 13.0 Å². The Bertz CT molecular complexity index is 956. The van der Waals surface area contributed by atoms with Crippen molar-refractivity contribution in [2.24, 2.45) is 5.73 Å². The first-order valence-corrected chi connectivity index (χ1v) is 12.2. The van der Waals surface area contributed by atoms with Crippen LogP contribution in [0, 0.1) is 0 Å². The normalized spacial score (nSPS) is 19.2. The molecule has 1 aromatic heterocycles. The maximum Gasteiger partial charge on any atom is 0.211 e. The zero-order valence-corrected chi connectivity index (χ0v) is 19.1. The van der Waals surface area contributed by atoms with Crippen LogP contribution in [0.5, 0.6) is 0 Å². The van der Waals surface area contributed by atoms with Gasteiger partial charge >= 0.3 is 0 Å². The minimum Gasteiger partial charge on any atom is -0.363 e. The summed E-state index contributed by atoms with van der Waals surface area (Å²) < 4.78 is 29.4. The van der Waals surface area contributed by atoms with E-state index in [1.807, 2.05) is 4.68 Å². The maximum atomic E-state index is 12.3. The Labute approximate surface area is 179 Å². The highest BCUT2D eigenvalue weighted by molar-refractivity contribution is 7.89. The van der Waals surface area contributed by atoms with Gasteiger partial charge in [-0.25, -0.2) is 17.8 Å². The molecule has 8 nitrogen and oxygen atoms in total. The zero-order chi connectivity index (χ0) is 21.9. The number of nitrogens with one attached hydrogen (secondary N) is 2. The van der Waals surface area contributed by atoms with Crippen LogP contribution in [0.4, 0.5) is 5.82 Å². The molecule has 0 bridgehead atoms. The second-order valence-corrected chi connectivity index (χ2v) is 10.3. The minimum atomic E-state index is -3.34. The maximum absolute atomic E-state index is 12.3. The van der Waals surface area contributed by atoms with Crippen molar-refractivity contribution in [3.8, 4) is 0 Å². The highest BCUT2D eigenvalue weighted by atomic mass is 32.2. The third-order valence-electron chi connectivity index (χ3n) is 5.49. The molecule has 0 saturated carbocycles. The van der Waals surface area contributed by atoms with E-state index in [-0.39, 0.29) is 23.9 Å². The van der Waals surface area contributed by atoms with E-state index >= 15 is 0 Å². The summed E-state index contributed by atoms with van der Waals surface area (Å²) in [5.41, 5.74) is 8.91. The van der Waals surface area contributed by atoms with Crippen LogP contribution in [-0.2, 0) is 16.6 Å². The monoisotopic (exact) mass is 434 g/mol. The molecule has 3 rings (SSSR count). The molecule has 2 atom stereocenters. The van der Waals surface area contributed by atoms with Crippen LogP contribution in [0.1, 0.15) is 62.0 Å². The van der Waals surface area contributed by atoms with Crippen molar-refractivity contribution in [1.29, 1.82) is 0 Å². The van der Waals surface area contributed by atoms with E-state index in [1.54, 1.807) is 13.1 Å². The van der Waals surface area contributed by atoms with Crippen molar-refractivity contribution < 1.29 is 8.42 Å². The van der Waals surface area contributed by atoms with Gasteiger partial charge in [0.05, 0.1) is 24.0 Å². The van der Waals surface area contributed by atoms with Gasteiger partial charge < -0.3 is 16.0 Å². The second kappa shape index (κ2) is 9.47. The van der Waals surface area contributed by atoms with Crippen LogP contribution < -0.4 is 15.8 Å². The largest absolute Gasteiger partial charge is 0.363 e. The average molecular weight is 435 g/mol. The van der Waals surface area contributed by atoms with Gasteiger partial charge in [-0.15, -0.1) is 0 Å². The standard InChI is InChI=1S/C21H34N6O2S/c1-5-30(28,29)25-20-12-19(24-21-18(20)13-23-27(21)15(2)3)17-8-6-7-16(11-17)14-26(4)10-9-22/h6-8,11,13,15,19-20,24-25H,5,9-10,12,14,22H2,1-4H3. The summed E-state index contributed by atoms with van der Waals surface area (Å²) >= 11 is 0. The SMILES string of the molecule is CCS(=O)(=O)NC1CC(c2cccc(CN(C)CCN)c2)Nc2c1cnn2C(C)C. The summed E-state index contributed by atoms with van der Waals surface area (Å²) in [6, 6.07) is 8.29. The van der Waals surface area contributed by atoms with Gasteiger partial charge in [0.25, 0.3) is 0 Å². The van der Waals surface area contributed by atoms with E-state index in [2.05, 4.69) is 65.2 Å². The Balaban J connectivity index is 1.92. The van der Waals surface area contributed by atoms with Crippen molar-refractivity contribution in [2.45, 2.75) is 51.9 Å². The van der Waals surface area contributed by atoms with Gasteiger partial charge in [-0.1, -0.05) is 24.3 Å². The van der Waals surface area contributed by atoms with Crippen molar-refractivity contribution in [3.63, 3.8) is 0 Å². The number of hydrogen-bond acceptors (Lipinski definition) is 6. The first kappa shape index (κ1) is 22.7. The van der Waals surface area contributed by atoms with Gasteiger partial charge in [-0.05, 0) is 45.4 Å². The molecule has 2 unspecified atom stereocenters. The lowest BCUT2D eigenvalue weighted by molar-refractivity contribution is 0.336. The Morgan fingerprint density at radius 1 is 1.40 bits per heavy atom. The number of nitrogens with zero attached hydrogens (tertiary/aromatic N) is 3. The molecule has 0 spiro atoms. The van der Waals surface area contributed by atoms with Gasteiger partial charge in [0.2, 0.25) is 10.0 Å². The van der Waals surface area contributed by atoms with Crippen LogP contribution in [0.3, 0.4) is 0 Å². The van der Waals surface area contributed by atoms with Crippen LogP contribution in [0.25, 0.3) is 0 Å². The predicted molar refractivity (Wildman–Crippen MR) is 121 cm³/mol. The molecule has 0 saturated heterocycles. The molecule has 1 aliphatic rings. The zero-order valence-electron chi connectivity index (χ0n) is 18.3. The van der Waals surface area contributed by atoms with Crippen LogP contribution in [0.15, 0.2) is 30.5 Å². The Morgan fingerprint density at radius 2 is 2.17 bits per heavy atom. The van der Waals surface area contributed by atoms with Crippen molar-refractivity contribution in [1.82, 2.24) is 19.4 Å². The van der Waals surface area contributed by atoms with Crippen molar-refractivity contribution in [3.05, 3.63) is 47.2 Å². The Hall–Kier alpha value is -1.94. The van der Waals surface area contributed by atoms with Crippen molar-refractivity contribution >= 4 is 15.8 Å². The molecule has 1 aliphatic heterocycles. The number of fused-ring (bicyclic) bond motifs is 1. The van der Waals surface area contributed by atoms with E-state index in [9.17, 15) is 8.42 Å². The summed E-state index contributed by atoms with van der Waals surface area (Å²) in [5, 5.41) is 8.12. The molecule has 4 N–H and O–H groups in total. The number of anilines is 1.